The summed E-state index contributed by atoms with van der Waals surface area (Å²) >= 11 is 2.48. The number of thiophene rings is 1. The molecular formula is C13H14N2O3S2. The van der Waals surface area contributed by atoms with Crippen molar-refractivity contribution in [2.24, 2.45) is 0 Å². The zero-order chi connectivity index (χ0) is 14.3. The van der Waals surface area contributed by atoms with E-state index >= 15 is 0 Å². The van der Waals surface area contributed by atoms with Crippen molar-refractivity contribution in [3.63, 3.8) is 0 Å². The van der Waals surface area contributed by atoms with E-state index in [1.807, 2.05) is 18.4 Å². The van der Waals surface area contributed by atoms with Gasteiger partial charge in [0.2, 0.25) is 5.91 Å². The number of rotatable bonds is 2. The van der Waals surface area contributed by atoms with E-state index in [0.717, 1.165) is 22.2 Å². The minimum atomic E-state index is -0.179. The highest BCUT2D eigenvalue weighted by Gasteiger charge is 2.40. The first kappa shape index (κ1) is 13.6. The average Bonchev–Trinajstić information content (AvgIpc) is 3.10. The molecule has 2 saturated heterocycles. The molecule has 1 aromatic heterocycles. The summed E-state index contributed by atoms with van der Waals surface area (Å²) in [7, 11) is 0. The Kier molecular flexibility index (Phi) is 3.55. The van der Waals surface area contributed by atoms with Crippen molar-refractivity contribution in [3.05, 3.63) is 21.9 Å². The number of hydrogen-bond acceptors (Lipinski definition) is 5. The highest BCUT2D eigenvalue weighted by molar-refractivity contribution is 8.14. The van der Waals surface area contributed by atoms with Crippen molar-refractivity contribution in [2.75, 3.05) is 18.8 Å². The van der Waals surface area contributed by atoms with Crippen LogP contribution < -0.4 is 0 Å². The van der Waals surface area contributed by atoms with Crippen LogP contribution in [-0.2, 0) is 4.79 Å². The van der Waals surface area contributed by atoms with Crippen LogP contribution in [0.15, 0.2) is 11.4 Å². The first-order chi connectivity index (χ1) is 9.56. The van der Waals surface area contributed by atoms with Crippen LogP contribution in [0.4, 0.5) is 4.79 Å². The largest absolute Gasteiger partial charge is 0.336 e. The molecule has 2 aliphatic rings. The van der Waals surface area contributed by atoms with Crippen LogP contribution in [0.2, 0.25) is 0 Å². The Morgan fingerprint density at radius 2 is 2.20 bits per heavy atom. The number of imide groups is 1. The van der Waals surface area contributed by atoms with Crippen molar-refractivity contribution < 1.29 is 14.4 Å². The fourth-order valence-corrected chi connectivity index (χ4v) is 4.19. The van der Waals surface area contributed by atoms with E-state index < -0.39 is 0 Å². The van der Waals surface area contributed by atoms with Crippen molar-refractivity contribution in [1.82, 2.24) is 9.80 Å². The van der Waals surface area contributed by atoms with Crippen LogP contribution >= 0.6 is 23.1 Å². The fourth-order valence-electron chi connectivity index (χ4n) is 2.55. The molecule has 2 fully saturated rings. The second kappa shape index (κ2) is 5.21. The summed E-state index contributed by atoms with van der Waals surface area (Å²) in [5.41, 5.74) is 1.08. The van der Waals surface area contributed by atoms with Crippen LogP contribution in [0, 0.1) is 6.92 Å². The minimum absolute atomic E-state index is 0.00246. The van der Waals surface area contributed by atoms with Crippen molar-refractivity contribution >= 4 is 40.2 Å². The lowest BCUT2D eigenvalue weighted by atomic mass is 10.2. The standard InChI is InChI=1S/C13H14N2O3S2/c1-8-4-10(19-6-8)12(17)14-3-2-9(5-14)15-11(16)7-20-13(15)18/h4,6,9H,2-3,5,7H2,1H3. The highest BCUT2D eigenvalue weighted by atomic mass is 32.2. The number of aryl methyl sites for hydroxylation is 1. The number of amides is 3. The van der Waals surface area contributed by atoms with Gasteiger partial charge in [-0.25, -0.2) is 0 Å². The van der Waals surface area contributed by atoms with Crippen LogP contribution in [0.5, 0.6) is 0 Å². The molecule has 0 N–H and O–H groups in total. The summed E-state index contributed by atoms with van der Waals surface area (Å²) in [5, 5.41) is 1.77. The average molecular weight is 310 g/mol. The normalized spacial score (nSPS) is 22.9. The van der Waals surface area contributed by atoms with E-state index in [9.17, 15) is 14.4 Å². The molecule has 2 aliphatic heterocycles. The second-order valence-corrected chi connectivity index (χ2v) is 6.84. The summed E-state index contributed by atoms with van der Waals surface area (Å²) in [6.45, 7) is 3.01. The Bertz CT molecular complexity index is 568. The maximum atomic E-state index is 12.3. The monoisotopic (exact) mass is 310 g/mol. The maximum absolute atomic E-state index is 12.3. The number of carbonyl (C=O) groups is 3. The zero-order valence-corrected chi connectivity index (χ0v) is 12.6. The second-order valence-electron chi connectivity index (χ2n) is 5.00. The number of carbonyl (C=O) groups excluding carboxylic acids is 3. The molecule has 0 saturated carbocycles. The Morgan fingerprint density at radius 1 is 1.40 bits per heavy atom. The summed E-state index contributed by atoms with van der Waals surface area (Å²) in [4.78, 5) is 39.5. The molecule has 1 unspecified atom stereocenters. The molecular weight excluding hydrogens is 296 g/mol. The van der Waals surface area contributed by atoms with Gasteiger partial charge in [0.1, 0.15) is 0 Å². The van der Waals surface area contributed by atoms with Crippen LogP contribution in [0.3, 0.4) is 0 Å². The first-order valence-electron chi connectivity index (χ1n) is 6.39. The number of hydrogen-bond donors (Lipinski definition) is 0. The molecule has 106 valence electrons. The van der Waals surface area contributed by atoms with Crippen molar-refractivity contribution in [1.29, 1.82) is 0 Å². The molecule has 0 aromatic carbocycles. The van der Waals surface area contributed by atoms with Crippen LogP contribution in [-0.4, -0.2) is 51.7 Å². The van der Waals surface area contributed by atoms with E-state index in [1.54, 1.807) is 4.90 Å². The number of likely N-dealkylation sites (tertiary alicyclic amines) is 1. The van der Waals surface area contributed by atoms with Crippen molar-refractivity contribution in [3.8, 4) is 0 Å². The van der Waals surface area contributed by atoms with E-state index in [0.29, 0.717) is 19.5 Å². The third-order valence-electron chi connectivity index (χ3n) is 3.54. The van der Waals surface area contributed by atoms with Gasteiger partial charge in [0.15, 0.2) is 0 Å². The quantitative estimate of drug-likeness (QED) is 0.838. The fraction of sp³-hybridized carbons (Fsp3) is 0.462. The van der Waals surface area contributed by atoms with Gasteiger partial charge in [0, 0.05) is 13.1 Å². The van der Waals surface area contributed by atoms with Gasteiger partial charge in [-0.2, -0.15) is 0 Å². The van der Waals surface area contributed by atoms with Crippen molar-refractivity contribution in [2.45, 2.75) is 19.4 Å². The molecule has 0 bridgehead atoms. The third kappa shape index (κ3) is 2.35. The van der Waals surface area contributed by atoms with E-state index in [1.165, 1.54) is 16.2 Å². The van der Waals surface area contributed by atoms with E-state index in [2.05, 4.69) is 0 Å². The lowest BCUT2D eigenvalue weighted by molar-refractivity contribution is -0.126. The molecule has 3 heterocycles. The molecule has 0 radical (unpaired) electrons. The van der Waals surface area contributed by atoms with Crippen LogP contribution in [0.1, 0.15) is 21.7 Å². The van der Waals surface area contributed by atoms with E-state index in [4.69, 9.17) is 0 Å². The Labute approximate surface area is 124 Å². The minimum Gasteiger partial charge on any atom is -0.336 e. The zero-order valence-electron chi connectivity index (χ0n) is 11.0. The lowest BCUT2D eigenvalue weighted by Crippen LogP contribution is -2.41. The first-order valence-corrected chi connectivity index (χ1v) is 8.26. The highest BCUT2D eigenvalue weighted by Crippen LogP contribution is 2.27. The lowest BCUT2D eigenvalue weighted by Gasteiger charge is -2.21. The van der Waals surface area contributed by atoms with Gasteiger partial charge in [-0.05, 0) is 30.4 Å². The maximum Gasteiger partial charge on any atom is 0.289 e. The van der Waals surface area contributed by atoms with E-state index in [-0.39, 0.29) is 28.8 Å². The predicted molar refractivity (Wildman–Crippen MR) is 78.1 cm³/mol. The van der Waals surface area contributed by atoms with Gasteiger partial charge in [-0.3, -0.25) is 19.3 Å². The molecule has 7 heteroatoms. The van der Waals surface area contributed by atoms with Crippen LogP contribution in [0.25, 0.3) is 0 Å². The Hall–Kier alpha value is -1.34. The third-order valence-corrected chi connectivity index (χ3v) is 5.41. The SMILES string of the molecule is Cc1csc(C(=O)N2CCC(N3C(=O)CSC3=O)C2)c1. The van der Waals surface area contributed by atoms with Gasteiger partial charge in [-0.15, -0.1) is 11.3 Å². The number of thioether (sulfide) groups is 1. The molecule has 3 amide bonds. The Balaban J connectivity index is 1.69. The molecule has 5 nitrogen and oxygen atoms in total. The molecule has 20 heavy (non-hydrogen) atoms. The number of nitrogens with zero attached hydrogens (tertiary/aromatic N) is 2. The smallest absolute Gasteiger partial charge is 0.289 e. The van der Waals surface area contributed by atoms with Gasteiger partial charge >= 0.3 is 0 Å². The van der Waals surface area contributed by atoms with Gasteiger partial charge < -0.3 is 4.90 Å². The van der Waals surface area contributed by atoms with Gasteiger partial charge in [-0.1, -0.05) is 11.8 Å². The summed E-state index contributed by atoms with van der Waals surface area (Å²) < 4.78 is 0. The topological polar surface area (TPSA) is 57.7 Å². The summed E-state index contributed by atoms with van der Waals surface area (Å²) in [5.74, 6) is 0.0940. The summed E-state index contributed by atoms with van der Waals surface area (Å²) in [6, 6.07) is 1.72. The molecule has 1 atom stereocenters. The predicted octanol–water partition coefficient (Wildman–Crippen LogP) is 1.97. The molecule has 0 spiro atoms. The molecule has 1 aromatic rings. The molecule has 0 aliphatic carbocycles. The summed E-state index contributed by atoms with van der Waals surface area (Å²) in [6.07, 6.45) is 0.675. The van der Waals surface area contributed by atoms with Gasteiger partial charge in [0.25, 0.3) is 11.1 Å². The van der Waals surface area contributed by atoms with Gasteiger partial charge in [0.05, 0.1) is 16.7 Å². The Morgan fingerprint density at radius 3 is 2.80 bits per heavy atom. The molecule has 3 rings (SSSR count).